The van der Waals surface area contributed by atoms with E-state index in [1.54, 1.807) is 24.3 Å². The number of rotatable bonds is 6. The van der Waals surface area contributed by atoms with Crippen molar-refractivity contribution >= 4 is 17.5 Å². The number of amides is 2. The predicted molar refractivity (Wildman–Crippen MR) is 104 cm³/mol. The summed E-state index contributed by atoms with van der Waals surface area (Å²) >= 11 is 0. The third kappa shape index (κ3) is 4.80. The highest BCUT2D eigenvalue weighted by atomic mass is 16.2. The van der Waals surface area contributed by atoms with Crippen molar-refractivity contribution in [2.75, 3.05) is 11.9 Å². The molecule has 4 heteroatoms. The van der Waals surface area contributed by atoms with Gasteiger partial charge in [0.15, 0.2) is 0 Å². The van der Waals surface area contributed by atoms with Crippen LogP contribution in [-0.2, 0) is 4.79 Å². The van der Waals surface area contributed by atoms with Gasteiger partial charge in [-0.1, -0.05) is 60.7 Å². The van der Waals surface area contributed by atoms with Gasteiger partial charge in [0.1, 0.15) is 0 Å². The van der Waals surface area contributed by atoms with Crippen molar-refractivity contribution in [2.45, 2.75) is 6.42 Å². The Hall–Kier alpha value is -3.40. The zero-order valence-electron chi connectivity index (χ0n) is 14.3. The van der Waals surface area contributed by atoms with Crippen molar-refractivity contribution in [3.8, 4) is 11.1 Å². The van der Waals surface area contributed by atoms with Gasteiger partial charge in [0.05, 0.1) is 0 Å². The molecule has 130 valence electrons. The lowest BCUT2D eigenvalue weighted by Gasteiger charge is -2.08. The molecule has 0 saturated carbocycles. The van der Waals surface area contributed by atoms with Crippen LogP contribution in [0.15, 0.2) is 84.9 Å². The van der Waals surface area contributed by atoms with Gasteiger partial charge in [-0.05, 0) is 35.4 Å². The second kappa shape index (κ2) is 8.62. The summed E-state index contributed by atoms with van der Waals surface area (Å²) in [5.41, 5.74) is 3.56. The first kappa shape index (κ1) is 17.4. The zero-order chi connectivity index (χ0) is 18.2. The molecule has 4 nitrogen and oxygen atoms in total. The van der Waals surface area contributed by atoms with Crippen LogP contribution in [0.2, 0.25) is 0 Å². The van der Waals surface area contributed by atoms with Crippen LogP contribution in [0.3, 0.4) is 0 Å². The summed E-state index contributed by atoms with van der Waals surface area (Å²) in [6, 6.07) is 26.7. The van der Waals surface area contributed by atoms with Gasteiger partial charge in [-0.2, -0.15) is 0 Å². The molecule has 3 aromatic carbocycles. The van der Waals surface area contributed by atoms with Crippen molar-refractivity contribution in [1.29, 1.82) is 0 Å². The van der Waals surface area contributed by atoms with Crippen LogP contribution in [0.4, 0.5) is 5.69 Å². The molecule has 0 aliphatic heterocycles. The number of nitrogens with one attached hydrogen (secondary N) is 2. The molecule has 26 heavy (non-hydrogen) atoms. The van der Waals surface area contributed by atoms with Crippen molar-refractivity contribution < 1.29 is 9.59 Å². The molecule has 0 unspecified atom stereocenters. The van der Waals surface area contributed by atoms with Gasteiger partial charge in [-0.3, -0.25) is 9.59 Å². The van der Waals surface area contributed by atoms with Crippen LogP contribution in [0.25, 0.3) is 11.1 Å². The number of carbonyl (C=O) groups is 2. The number of hydrogen-bond acceptors (Lipinski definition) is 2. The van der Waals surface area contributed by atoms with Gasteiger partial charge < -0.3 is 10.6 Å². The molecule has 2 amide bonds. The Morgan fingerprint density at radius 3 is 1.92 bits per heavy atom. The molecule has 0 fully saturated rings. The van der Waals surface area contributed by atoms with E-state index in [2.05, 4.69) is 10.6 Å². The molecule has 3 aromatic rings. The maximum Gasteiger partial charge on any atom is 0.251 e. The minimum absolute atomic E-state index is 0.133. The zero-order valence-corrected chi connectivity index (χ0v) is 14.3. The van der Waals surface area contributed by atoms with Crippen LogP contribution in [0.5, 0.6) is 0 Å². The fraction of sp³-hybridized carbons (Fsp3) is 0.0909. The topological polar surface area (TPSA) is 58.2 Å². The smallest absolute Gasteiger partial charge is 0.251 e. The lowest BCUT2D eigenvalue weighted by Crippen LogP contribution is -2.27. The third-order valence-corrected chi connectivity index (χ3v) is 3.95. The SMILES string of the molecule is O=C(CCNC(=O)c1ccccc1)Nc1ccc(-c2ccccc2)cc1. The maximum atomic E-state index is 12.0. The van der Waals surface area contributed by atoms with Crippen LogP contribution in [0, 0.1) is 0 Å². The first-order valence-corrected chi connectivity index (χ1v) is 8.51. The van der Waals surface area contributed by atoms with E-state index in [1.807, 2.05) is 60.7 Å². The summed E-state index contributed by atoms with van der Waals surface area (Å²) in [4.78, 5) is 23.9. The number of carbonyl (C=O) groups excluding carboxylic acids is 2. The number of hydrogen-bond donors (Lipinski definition) is 2. The Bertz CT molecular complexity index is 860. The van der Waals surface area contributed by atoms with Gasteiger partial charge in [-0.15, -0.1) is 0 Å². The fourth-order valence-corrected chi connectivity index (χ4v) is 2.58. The van der Waals surface area contributed by atoms with E-state index >= 15 is 0 Å². The van der Waals surface area contributed by atoms with Crippen LogP contribution < -0.4 is 10.6 Å². The number of benzene rings is 3. The first-order chi connectivity index (χ1) is 12.7. The Kier molecular flexibility index (Phi) is 5.78. The average Bonchev–Trinajstić information content (AvgIpc) is 2.70. The first-order valence-electron chi connectivity index (χ1n) is 8.51. The molecule has 0 saturated heterocycles. The number of anilines is 1. The monoisotopic (exact) mass is 344 g/mol. The quantitative estimate of drug-likeness (QED) is 0.707. The molecule has 0 bridgehead atoms. The second-order valence-electron chi connectivity index (χ2n) is 5.86. The Morgan fingerprint density at radius 1 is 0.692 bits per heavy atom. The molecule has 3 rings (SSSR count). The molecule has 0 heterocycles. The highest BCUT2D eigenvalue weighted by Gasteiger charge is 2.06. The third-order valence-electron chi connectivity index (χ3n) is 3.95. The van der Waals surface area contributed by atoms with E-state index in [4.69, 9.17) is 0 Å². The normalized spacial score (nSPS) is 10.2. The van der Waals surface area contributed by atoms with E-state index in [1.165, 1.54) is 0 Å². The minimum Gasteiger partial charge on any atom is -0.352 e. The summed E-state index contributed by atoms with van der Waals surface area (Å²) in [6.07, 6.45) is 0.221. The Labute approximate surface area is 152 Å². The molecule has 2 N–H and O–H groups in total. The molecule has 0 aromatic heterocycles. The van der Waals surface area contributed by atoms with E-state index in [0.29, 0.717) is 12.1 Å². The summed E-state index contributed by atoms with van der Waals surface area (Å²) in [7, 11) is 0. The largest absolute Gasteiger partial charge is 0.352 e. The van der Waals surface area contributed by atoms with E-state index in [9.17, 15) is 9.59 Å². The predicted octanol–water partition coefficient (Wildman–Crippen LogP) is 4.11. The molecule has 0 radical (unpaired) electrons. The Balaban J connectivity index is 1.47. The van der Waals surface area contributed by atoms with Crippen molar-refractivity contribution in [2.24, 2.45) is 0 Å². The molecule has 0 aliphatic rings. The fourth-order valence-electron chi connectivity index (χ4n) is 2.58. The average molecular weight is 344 g/mol. The molecule has 0 spiro atoms. The van der Waals surface area contributed by atoms with E-state index in [-0.39, 0.29) is 18.2 Å². The van der Waals surface area contributed by atoms with Gasteiger partial charge in [0.2, 0.25) is 5.91 Å². The van der Waals surface area contributed by atoms with E-state index < -0.39 is 0 Å². The van der Waals surface area contributed by atoms with Gasteiger partial charge in [0.25, 0.3) is 5.91 Å². The summed E-state index contributed by atoms with van der Waals surface area (Å²) in [5.74, 6) is -0.309. The summed E-state index contributed by atoms with van der Waals surface area (Å²) < 4.78 is 0. The van der Waals surface area contributed by atoms with Crippen LogP contribution >= 0.6 is 0 Å². The van der Waals surface area contributed by atoms with Crippen LogP contribution in [-0.4, -0.2) is 18.4 Å². The second-order valence-corrected chi connectivity index (χ2v) is 5.86. The van der Waals surface area contributed by atoms with Crippen molar-refractivity contribution in [1.82, 2.24) is 5.32 Å². The lowest BCUT2D eigenvalue weighted by molar-refractivity contribution is -0.116. The Morgan fingerprint density at radius 2 is 1.27 bits per heavy atom. The molecular weight excluding hydrogens is 324 g/mol. The maximum absolute atomic E-state index is 12.0. The highest BCUT2D eigenvalue weighted by molar-refractivity contribution is 5.95. The van der Waals surface area contributed by atoms with Gasteiger partial charge >= 0.3 is 0 Å². The van der Waals surface area contributed by atoms with Gasteiger partial charge in [0, 0.05) is 24.2 Å². The molecule has 0 aliphatic carbocycles. The van der Waals surface area contributed by atoms with Crippen molar-refractivity contribution in [3.05, 3.63) is 90.5 Å². The molecular formula is C22H20N2O2. The highest BCUT2D eigenvalue weighted by Crippen LogP contribution is 2.20. The van der Waals surface area contributed by atoms with Crippen LogP contribution in [0.1, 0.15) is 16.8 Å². The summed E-state index contributed by atoms with van der Waals surface area (Å²) in [6.45, 7) is 0.293. The van der Waals surface area contributed by atoms with Gasteiger partial charge in [-0.25, -0.2) is 0 Å². The molecule has 0 atom stereocenters. The minimum atomic E-state index is -0.175. The van der Waals surface area contributed by atoms with Crippen molar-refractivity contribution in [3.63, 3.8) is 0 Å². The van der Waals surface area contributed by atoms with E-state index in [0.717, 1.165) is 16.8 Å². The standard InChI is InChI=1S/C22H20N2O2/c25-21(15-16-23-22(26)19-9-5-2-6-10-19)24-20-13-11-18(12-14-20)17-7-3-1-4-8-17/h1-14H,15-16H2,(H,23,26)(H,24,25). The summed E-state index contributed by atoms with van der Waals surface area (Å²) in [5, 5.41) is 5.59. The lowest BCUT2D eigenvalue weighted by atomic mass is 10.1.